The molecule has 1 saturated heterocycles. The van der Waals surface area contributed by atoms with Crippen LogP contribution in [0.1, 0.15) is 19.8 Å². The molecule has 2 N–H and O–H groups in total. The number of rotatable bonds is 5. The van der Waals surface area contributed by atoms with Crippen LogP contribution in [0, 0.1) is 5.92 Å². The minimum Gasteiger partial charge on any atom is -0.390 e. The molecule has 0 aliphatic carbocycles. The zero-order valence-electron chi connectivity index (χ0n) is 9.70. The lowest BCUT2D eigenvalue weighted by molar-refractivity contribution is -0.0439. The Labute approximate surface area is 100.0 Å². The molecule has 17 heavy (non-hydrogen) atoms. The molecule has 0 radical (unpaired) electrons. The summed E-state index contributed by atoms with van der Waals surface area (Å²) in [5.41, 5.74) is 0. The summed E-state index contributed by atoms with van der Waals surface area (Å²) >= 11 is 0. The molecule has 0 spiro atoms. The molecule has 0 aromatic rings. The number of nitrogens with one attached hydrogen (secondary N) is 1. The molecule has 8 heteroatoms. The Kier molecular flexibility index (Phi) is 4.82. The van der Waals surface area contributed by atoms with Crippen LogP contribution in [-0.4, -0.2) is 50.0 Å². The minimum atomic E-state index is -3.86. The molecular formula is C9H18F2N2O3S. The van der Waals surface area contributed by atoms with Crippen molar-refractivity contribution in [2.45, 2.75) is 25.7 Å². The molecule has 0 bridgehead atoms. The number of hydrogen-bond acceptors (Lipinski definition) is 3. The summed E-state index contributed by atoms with van der Waals surface area (Å²) < 4.78 is 51.7. The van der Waals surface area contributed by atoms with Gasteiger partial charge in [0.2, 0.25) is 0 Å². The van der Waals surface area contributed by atoms with Crippen LogP contribution in [0.4, 0.5) is 8.78 Å². The van der Waals surface area contributed by atoms with Gasteiger partial charge >= 0.3 is 0 Å². The fourth-order valence-corrected chi connectivity index (χ4v) is 2.84. The van der Waals surface area contributed by atoms with Crippen molar-refractivity contribution in [3.8, 4) is 0 Å². The second-order valence-corrected chi connectivity index (χ2v) is 6.18. The highest BCUT2D eigenvalue weighted by Gasteiger charge is 2.32. The number of halogens is 2. The first kappa shape index (κ1) is 14.7. The molecule has 1 aliphatic heterocycles. The molecule has 0 aromatic carbocycles. The van der Waals surface area contributed by atoms with Gasteiger partial charge in [0.05, 0.1) is 6.54 Å². The van der Waals surface area contributed by atoms with Crippen molar-refractivity contribution in [2.24, 2.45) is 5.92 Å². The molecule has 0 saturated carbocycles. The maximum absolute atomic E-state index is 12.7. The van der Waals surface area contributed by atoms with Gasteiger partial charge in [-0.3, -0.25) is 0 Å². The van der Waals surface area contributed by atoms with Gasteiger partial charge in [-0.25, -0.2) is 8.78 Å². The minimum absolute atomic E-state index is 0.348. The quantitative estimate of drug-likeness (QED) is 0.750. The van der Waals surface area contributed by atoms with E-state index in [-0.39, 0.29) is 0 Å². The normalized spacial score (nSPS) is 20.7. The number of aliphatic hydroxyl groups is 1. The van der Waals surface area contributed by atoms with Crippen LogP contribution < -0.4 is 4.72 Å². The van der Waals surface area contributed by atoms with Crippen molar-refractivity contribution < 1.29 is 22.3 Å². The smallest absolute Gasteiger partial charge is 0.283 e. The summed E-state index contributed by atoms with van der Waals surface area (Å²) in [5.74, 6) is -2.96. The molecule has 5 nitrogen and oxygen atoms in total. The molecule has 0 amide bonds. The Morgan fingerprint density at radius 2 is 1.94 bits per heavy atom. The van der Waals surface area contributed by atoms with Crippen LogP contribution in [0.2, 0.25) is 0 Å². The predicted octanol–water partition coefficient (Wildman–Crippen LogP) is 0.180. The summed E-state index contributed by atoms with van der Waals surface area (Å²) in [6.45, 7) is 0.282. The van der Waals surface area contributed by atoms with Crippen molar-refractivity contribution in [3.05, 3.63) is 0 Å². The Morgan fingerprint density at radius 3 is 2.41 bits per heavy atom. The summed E-state index contributed by atoms with van der Waals surface area (Å²) in [6, 6.07) is 0. The van der Waals surface area contributed by atoms with Gasteiger partial charge in [0, 0.05) is 13.1 Å². The van der Waals surface area contributed by atoms with Crippen molar-refractivity contribution in [1.29, 1.82) is 0 Å². The van der Waals surface area contributed by atoms with Gasteiger partial charge in [-0.1, -0.05) is 6.92 Å². The van der Waals surface area contributed by atoms with Gasteiger partial charge in [0.15, 0.2) is 0 Å². The largest absolute Gasteiger partial charge is 0.390 e. The van der Waals surface area contributed by atoms with E-state index in [9.17, 15) is 17.2 Å². The van der Waals surface area contributed by atoms with Crippen LogP contribution in [0.25, 0.3) is 0 Å². The van der Waals surface area contributed by atoms with E-state index < -0.39 is 29.3 Å². The van der Waals surface area contributed by atoms with Crippen molar-refractivity contribution in [2.75, 3.05) is 26.2 Å². The lowest BCUT2D eigenvalue weighted by atomic mass is 10.0. The van der Waals surface area contributed by atoms with Crippen LogP contribution >= 0.6 is 0 Å². The van der Waals surface area contributed by atoms with Crippen molar-refractivity contribution in [3.63, 3.8) is 0 Å². The molecule has 102 valence electrons. The molecular weight excluding hydrogens is 254 g/mol. The summed E-state index contributed by atoms with van der Waals surface area (Å²) in [5, 5.41) is 8.34. The van der Waals surface area contributed by atoms with Gasteiger partial charge in [-0.15, -0.1) is 0 Å². The molecule has 0 aromatic heterocycles. The SMILES string of the molecule is CC1CCN(S(=O)(=O)NCC(F)(F)CO)CC1. The van der Waals surface area contributed by atoms with E-state index in [1.54, 1.807) is 0 Å². The van der Waals surface area contributed by atoms with E-state index >= 15 is 0 Å². The monoisotopic (exact) mass is 272 g/mol. The Morgan fingerprint density at radius 1 is 1.41 bits per heavy atom. The highest BCUT2D eigenvalue weighted by molar-refractivity contribution is 7.87. The Hall–Kier alpha value is -0.310. The van der Waals surface area contributed by atoms with Gasteiger partial charge in [0.1, 0.15) is 6.61 Å². The van der Waals surface area contributed by atoms with Crippen molar-refractivity contribution in [1.82, 2.24) is 9.03 Å². The third-order valence-corrected chi connectivity index (χ3v) is 4.38. The number of piperidine rings is 1. The fraction of sp³-hybridized carbons (Fsp3) is 1.00. The molecule has 0 unspecified atom stereocenters. The third kappa shape index (κ3) is 4.46. The third-order valence-electron chi connectivity index (χ3n) is 2.83. The fourth-order valence-electron chi connectivity index (χ4n) is 1.57. The topological polar surface area (TPSA) is 69.6 Å². The van der Waals surface area contributed by atoms with E-state index in [4.69, 9.17) is 5.11 Å². The van der Waals surface area contributed by atoms with E-state index in [1.165, 1.54) is 4.31 Å². The maximum Gasteiger partial charge on any atom is 0.283 e. The van der Waals surface area contributed by atoms with Crippen LogP contribution in [-0.2, 0) is 10.2 Å². The Balaban J connectivity index is 2.51. The van der Waals surface area contributed by atoms with Crippen LogP contribution in [0.5, 0.6) is 0 Å². The number of nitrogens with zero attached hydrogens (tertiary/aromatic N) is 1. The van der Waals surface area contributed by atoms with E-state index in [2.05, 4.69) is 0 Å². The molecule has 1 fully saturated rings. The lowest BCUT2D eigenvalue weighted by Gasteiger charge is -2.29. The first-order chi connectivity index (χ1) is 7.77. The number of alkyl halides is 2. The molecule has 1 rings (SSSR count). The summed E-state index contributed by atoms with van der Waals surface area (Å²) in [7, 11) is -3.86. The number of aliphatic hydroxyl groups excluding tert-OH is 1. The first-order valence-corrected chi connectivity index (χ1v) is 6.94. The first-order valence-electron chi connectivity index (χ1n) is 5.50. The zero-order valence-corrected chi connectivity index (χ0v) is 10.5. The van der Waals surface area contributed by atoms with E-state index in [0.717, 1.165) is 12.8 Å². The maximum atomic E-state index is 12.7. The average Bonchev–Trinajstić information content (AvgIpc) is 2.27. The predicted molar refractivity (Wildman–Crippen MR) is 58.9 cm³/mol. The van der Waals surface area contributed by atoms with Gasteiger partial charge in [0.25, 0.3) is 16.1 Å². The Bertz CT molecular complexity index is 340. The molecule has 0 atom stereocenters. The standard InChI is InChI=1S/C9H18F2N2O3S/c1-8-2-4-13(5-3-8)17(15,16)12-6-9(10,11)7-14/h8,12,14H,2-7H2,1H3. The average molecular weight is 272 g/mol. The van der Waals surface area contributed by atoms with Gasteiger partial charge < -0.3 is 5.11 Å². The highest BCUT2D eigenvalue weighted by Crippen LogP contribution is 2.18. The van der Waals surface area contributed by atoms with Crippen LogP contribution in [0.15, 0.2) is 0 Å². The highest BCUT2D eigenvalue weighted by atomic mass is 32.2. The summed E-state index contributed by atoms with van der Waals surface area (Å²) in [4.78, 5) is 0. The zero-order chi connectivity index (χ0) is 13.1. The number of hydrogen-bond donors (Lipinski definition) is 2. The second kappa shape index (κ2) is 5.55. The summed E-state index contributed by atoms with van der Waals surface area (Å²) in [6.07, 6.45) is 1.47. The molecule has 1 aliphatic rings. The van der Waals surface area contributed by atoms with Gasteiger partial charge in [-0.2, -0.15) is 17.4 Å². The molecule has 1 heterocycles. The lowest BCUT2D eigenvalue weighted by Crippen LogP contribution is -2.48. The van der Waals surface area contributed by atoms with Crippen molar-refractivity contribution >= 4 is 10.2 Å². The van der Waals surface area contributed by atoms with E-state index in [0.29, 0.717) is 19.0 Å². The van der Waals surface area contributed by atoms with E-state index in [1.807, 2.05) is 11.6 Å². The van der Waals surface area contributed by atoms with Crippen LogP contribution in [0.3, 0.4) is 0 Å². The van der Waals surface area contributed by atoms with Gasteiger partial charge in [-0.05, 0) is 18.8 Å². The second-order valence-electron chi connectivity index (χ2n) is 4.42.